The number of fused-ring (bicyclic) bond motifs is 1. The molecule has 0 fully saturated rings. The summed E-state index contributed by atoms with van der Waals surface area (Å²) in [5, 5.41) is 0.814. The van der Waals surface area contributed by atoms with Crippen molar-refractivity contribution in [1.82, 2.24) is 19.9 Å². The molecule has 1 N–H and O–H groups in total. The van der Waals surface area contributed by atoms with Crippen molar-refractivity contribution in [1.29, 1.82) is 0 Å². The lowest BCUT2D eigenvalue weighted by Gasteiger charge is -2.26. The maximum Gasteiger partial charge on any atom is 0.141 e. The fourth-order valence-corrected chi connectivity index (χ4v) is 4.19. The van der Waals surface area contributed by atoms with Gasteiger partial charge in [0.1, 0.15) is 29.4 Å². The Bertz CT molecular complexity index is 1310. The summed E-state index contributed by atoms with van der Waals surface area (Å²) in [6, 6.07) is 13.1. The van der Waals surface area contributed by atoms with Crippen LogP contribution in [0.15, 0.2) is 60.9 Å². The summed E-state index contributed by atoms with van der Waals surface area (Å²) in [7, 11) is 1.56. The fraction of sp³-hybridized carbons (Fsp3) is 0.200. The molecule has 0 radical (unpaired) electrons. The van der Waals surface area contributed by atoms with E-state index in [1.165, 1.54) is 30.1 Å². The number of rotatable bonds is 5. The fourth-order valence-electron chi connectivity index (χ4n) is 4.19. The highest BCUT2D eigenvalue weighted by Gasteiger charge is 2.18. The Labute approximate surface area is 184 Å². The standard InChI is InChI=1S/C25H22F2N4O/c1-32-23-6-5-19(27)12-20(23)24-21-13-22(30-25(21)29-15-28-24)17-7-9-31(10-8-17)14-16-3-2-4-18(26)11-16/h2-7,11-13,15H,8-10,14H2,1H3,(H,28,29,30). The number of methoxy groups -OCH3 is 1. The summed E-state index contributed by atoms with van der Waals surface area (Å²) in [5.74, 6) is -0.00335. The number of ether oxygens (including phenoxy) is 1. The van der Waals surface area contributed by atoms with Gasteiger partial charge in [0.25, 0.3) is 0 Å². The minimum Gasteiger partial charge on any atom is -0.496 e. The molecule has 1 aliphatic rings. The summed E-state index contributed by atoms with van der Waals surface area (Å²) in [6.45, 7) is 2.36. The van der Waals surface area contributed by atoms with Gasteiger partial charge in [-0.3, -0.25) is 4.90 Å². The number of benzene rings is 2. The third kappa shape index (κ3) is 3.99. The Morgan fingerprint density at radius 1 is 1.06 bits per heavy atom. The first-order valence-corrected chi connectivity index (χ1v) is 10.4. The molecule has 2 aromatic carbocycles. The van der Waals surface area contributed by atoms with E-state index in [9.17, 15) is 8.78 Å². The third-order valence-electron chi connectivity index (χ3n) is 5.78. The molecular weight excluding hydrogens is 410 g/mol. The van der Waals surface area contributed by atoms with Gasteiger partial charge in [0.05, 0.1) is 12.8 Å². The van der Waals surface area contributed by atoms with Crippen molar-refractivity contribution in [2.45, 2.75) is 13.0 Å². The molecule has 162 valence electrons. The van der Waals surface area contributed by atoms with Crippen LogP contribution in [0.25, 0.3) is 27.9 Å². The summed E-state index contributed by atoms with van der Waals surface area (Å²) in [6.07, 6.45) is 4.51. The Hall–Kier alpha value is -3.58. The van der Waals surface area contributed by atoms with Crippen molar-refractivity contribution in [3.8, 4) is 17.0 Å². The topological polar surface area (TPSA) is 54.0 Å². The minimum atomic E-state index is -0.350. The van der Waals surface area contributed by atoms with Crippen LogP contribution in [-0.4, -0.2) is 40.1 Å². The lowest BCUT2D eigenvalue weighted by Crippen LogP contribution is -2.28. The highest BCUT2D eigenvalue weighted by atomic mass is 19.1. The highest BCUT2D eigenvalue weighted by Crippen LogP contribution is 2.35. The summed E-state index contributed by atoms with van der Waals surface area (Å²) >= 11 is 0. The second-order valence-corrected chi connectivity index (χ2v) is 7.86. The summed E-state index contributed by atoms with van der Waals surface area (Å²) in [4.78, 5) is 14.4. The quantitative estimate of drug-likeness (QED) is 0.471. The zero-order chi connectivity index (χ0) is 22.1. The van der Waals surface area contributed by atoms with Crippen LogP contribution in [0.1, 0.15) is 17.7 Å². The zero-order valence-corrected chi connectivity index (χ0v) is 17.6. The van der Waals surface area contributed by atoms with E-state index < -0.39 is 0 Å². The van der Waals surface area contributed by atoms with Crippen molar-refractivity contribution in [3.63, 3.8) is 0 Å². The van der Waals surface area contributed by atoms with Gasteiger partial charge in [-0.1, -0.05) is 18.2 Å². The lowest BCUT2D eigenvalue weighted by molar-refractivity contribution is 0.293. The van der Waals surface area contributed by atoms with Gasteiger partial charge in [-0.15, -0.1) is 0 Å². The molecule has 0 amide bonds. The molecule has 5 rings (SSSR count). The number of H-pyrrole nitrogens is 1. The van der Waals surface area contributed by atoms with E-state index in [4.69, 9.17) is 4.74 Å². The second kappa shape index (κ2) is 8.51. The van der Waals surface area contributed by atoms with E-state index >= 15 is 0 Å². The molecule has 32 heavy (non-hydrogen) atoms. The minimum absolute atomic E-state index is 0.208. The van der Waals surface area contributed by atoms with E-state index in [1.54, 1.807) is 25.3 Å². The van der Waals surface area contributed by atoms with E-state index in [0.29, 0.717) is 29.2 Å². The van der Waals surface area contributed by atoms with Crippen LogP contribution in [0.3, 0.4) is 0 Å². The predicted molar refractivity (Wildman–Crippen MR) is 120 cm³/mol. The number of aromatic nitrogens is 3. The molecule has 0 saturated carbocycles. The van der Waals surface area contributed by atoms with Crippen molar-refractivity contribution < 1.29 is 13.5 Å². The Kier molecular flexibility index (Phi) is 5.41. The number of nitrogens with one attached hydrogen (secondary N) is 1. The number of halogens is 2. The van der Waals surface area contributed by atoms with E-state index in [-0.39, 0.29) is 11.6 Å². The maximum atomic E-state index is 13.9. The predicted octanol–water partition coefficient (Wildman–Crippen LogP) is 5.20. The van der Waals surface area contributed by atoms with Gasteiger partial charge in [-0.2, -0.15) is 0 Å². The smallest absolute Gasteiger partial charge is 0.141 e. The van der Waals surface area contributed by atoms with E-state index in [2.05, 4.69) is 25.9 Å². The first-order valence-electron chi connectivity index (χ1n) is 10.4. The Balaban J connectivity index is 1.42. The van der Waals surface area contributed by atoms with Crippen LogP contribution < -0.4 is 4.74 Å². The van der Waals surface area contributed by atoms with Crippen molar-refractivity contribution in [2.75, 3.05) is 20.2 Å². The molecule has 0 unspecified atom stereocenters. The molecular formula is C25H22F2N4O. The van der Waals surface area contributed by atoms with Gasteiger partial charge < -0.3 is 9.72 Å². The van der Waals surface area contributed by atoms with Gasteiger partial charge in [-0.25, -0.2) is 18.7 Å². The van der Waals surface area contributed by atoms with Crippen molar-refractivity contribution in [3.05, 3.63) is 83.8 Å². The normalized spacial score (nSPS) is 14.5. The van der Waals surface area contributed by atoms with Gasteiger partial charge in [0.15, 0.2) is 0 Å². The molecule has 0 bridgehead atoms. The zero-order valence-electron chi connectivity index (χ0n) is 17.6. The first kappa shape index (κ1) is 20.3. The SMILES string of the molecule is COc1ccc(F)cc1-c1ncnc2[nH]c(C3=CCN(Cc4cccc(F)c4)CC3)cc12. The Morgan fingerprint density at radius 3 is 2.72 bits per heavy atom. The molecule has 4 aromatic rings. The molecule has 2 aromatic heterocycles. The molecule has 0 aliphatic carbocycles. The Morgan fingerprint density at radius 2 is 1.94 bits per heavy atom. The molecule has 0 atom stereocenters. The molecule has 7 heteroatoms. The number of hydrogen-bond acceptors (Lipinski definition) is 4. The maximum absolute atomic E-state index is 13.9. The summed E-state index contributed by atoms with van der Waals surface area (Å²) < 4.78 is 32.8. The van der Waals surface area contributed by atoms with Gasteiger partial charge >= 0.3 is 0 Å². The van der Waals surface area contributed by atoms with Crippen molar-refractivity contribution >= 4 is 16.6 Å². The molecule has 5 nitrogen and oxygen atoms in total. The van der Waals surface area contributed by atoms with Gasteiger partial charge in [0.2, 0.25) is 0 Å². The van der Waals surface area contributed by atoms with Crippen LogP contribution >= 0.6 is 0 Å². The average Bonchev–Trinajstić information content (AvgIpc) is 3.24. The number of hydrogen-bond donors (Lipinski definition) is 1. The summed E-state index contributed by atoms with van der Waals surface area (Å²) in [5.41, 5.74) is 5.04. The van der Waals surface area contributed by atoms with Gasteiger partial charge in [0, 0.05) is 36.3 Å². The van der Waals surface area contributed by atoms with Crippen LogP contribution in [-0.2, 0) is 6.54 Å². The number of nitrogens with zero attached hydrogens (tertiary/aromatic N) is 3. The largest absolute Gasteiger partial charge is 0.496 e. The monoisotopic (exact) mass is 432 g/mol. The van der Waals surface area contributed by atoms with Crippen LogP contribution in [0.2, 0.25) is 0 Å². The van der Waals surface area contributed by atoms with Gasteiger partial charge in [-0.05, 0) is 54.0 Å². The highest BCUT2D eigenvalue weighted by molar-refractivity contribution is 5.94. The molecule has 0 spiro atoms. The lowest BCUT2D eigenvalue weighted by atomic mass is 10.0. The third-order valence-corrected chi connectivity index (χ3v) is 5.78. The van der Waals surface area contributed by atoms with E-state index in [0.717, 1.165) is 36.2 Å². The average molecular weight is 432 g/mol. The van der Waals surface area contributed by atoms with Crippen molar-refractivity contribution in [2.24, 2.45) is 0 Å². The molecule has 0 saturated heterocycles. The van der Waals surface area contributed by atoms with Crippen LogP contribution in [0, 0.1) is 11.6 Å². The second-order valence-electron chi connectivity index (χ2n) is 7.86. The van der Waals surface area contributed by atoms with Crippen LogP contribution in [0.5, 0.6) is 5.75 Å². The van der Waals surface area contributed by atoms with E-state index in [1.807, 2.05) is 12.1 Å². The molecule has 1 aliphatic heterocycles. The first-order chi connectivity index (χ1) is 15.6. The van der Waals surface area contributed by atoms with Crippen LogP contribution in [0.4, 0.5) is 8.78 Å². The molecule has 3 heterocycles. The number of aromatic amines is 1.